The van der Waals surface area contributed by atoms with Crippen LogP contribution in [0.4, 0.5) is 0 Å². The van der Waals surface area contributed by atoms with Crippen LogP contribution in [0.2, 0.25) is 0 Å². The van der Waals surface area contributed by atoms with Crippen LogP contribution in [0.25, 0.3) is 0 Å². The molecule has 3 heterocycles. The van der Waals surface area contributed by atoms with Crippen molar-refractivity contribution in [2.75, 3.05) is 46.0 Å². The van der Waals surface area contributed by atoms with Gasteiger partial charge >= 0.3 is 0 Å². The number of benzene rings is 1. The summed E-state index contributed by atoms with van der Waals surface area (Å²) in [6, 6.07) is 8.01. The first-order valence-corrected chi connectivity index (χ1v) is 10.8. The first-order valence-electron chi connectivity index (χ1n) is 10.8. The van der Waals surface area contributed by atoms with Crippen molar-refractivity contribution in [3.63, 3.8) is 0 Å². The maximum Gasteiger partial charge on any atom is 0.248 e. The number of amides is 1. The Bertz CT molecular complexity index is 647. The van der Waals surface area contributed by atoms with Crippen molar-refractivity contribution in [1.82, 2.24) is 9.80 Å². The molecule has 6 heteroatoms. The van der Waals surface area contributed by atoms with E-state index in [1.54, 1.807) is 0 Å². The average Bonchev–Trinajstić information content (AvgIpc) is 3.26. The van der Waals surface area contributed by atoms with Gasteiger partial charge in [0.05, 0.1) is 6.61 Å². The zero-order valence-corrected chi connectivity index (χ0v) is 16.7. The first kappa shape index (κ1) is 19.5. The number of nitrogens with zero attached hydrogens (tertiary/aromatic N) is 2. The van der Waals surface area contributed by atoms with Crippen molar-refractivity contribution in [1.29, 1.82) is 0 Å². The average molecular weight is 389 g/mol. The molecule has 3 aliphatic rings. The molecule has 2 fully saturated rings. The Labute approximate surface area is 167 Å². The summed E-state index contributed by atoms with van der Waals surface area (Å²) < 4.78 is 17.3. The van der Waals surface area contributed by atoms with Gasteiger partial charge in [-0.05, 0) is 63.7 Å². The monoisotopic (exact) mass is 388 g/mol. The summed E-state index contributed by atoms with van der Waals surface area (Å²) in [5, 5.41) is 0. The van der Waals surface area contributed by atoms with Gasteiger partial charge in [0.25, 0.3) is 0 Å². The van der Waals surface area contributed by atoms with Crippen LogP contribution >= 0.6 is 0 Å². The number of rotatable bonds is 7. The van der Waals surface area contributed by atoms with Crippen molar-refractivity contribution >= 4 is 5.91 Å². The third kappa shape index (κ3) is 4.97. The fourth-order valence-corrected chi connectivity index (χ4v) is 4.47. The van der Waals surface area contributed by atoms with Crippen molar-refractivity contribution in [2.24, 2.45) is 0 Å². The quantitative estimate of drug-likeness (QED) is 0.719. The van der Waals surface area contributed by atoms with Gasteiger partial charge in [0, 0.05) is 19.1 Å². The molecular formula is C22H32N2O4. The molecule has 0 aliphatic carbocycles. The maximum atomic E-state index is 12.8. The zero-order valence-electron chi connectivity index (χ0n) is 16.7. The largest absolute Gasteiger partial charge is 0.486 e. The van der Waals surface area contributed by atoms with Crippen LogP contribution in [0.3, 0.4) is 0 Å². The molecule has 0 radical (unpaired) electrons. The highest BCUT2D eigenvalue weighted by Crippen LogP contribution is 2.30. The van der Waals surface area contributed by atoms with Gasteiger partial charge in [0.2, 0.25) is 5.91 Å². The van der Waals surface area contributed by atoms with E-state index in [2.05, 4.69) is 9.80 Å². The highest BCUT2D eigenvalue weighted by atomic mass is 16.6. The van der Waals surface area contributed by atoms with Crippen LogP contribution in [0.1, 0.15) is 38.5 Å². The molecule has 0 bridgehead atoms. The van der Waals surface area contributed by atoms with Crippen LogP contribution in [0.15, 0.2) is 24.3 Å². The molecule has 154 valence electrons. The molecule has 0 saturated carbocycles. The standard InChI is InChI=1S/C22H32N2O4/c25-22(17-26-15-19-16-27-20-8-1-2-9-21(20)28-19)24-13-4-3-7-18(24)10-14-23-11-5-6-12-23/h1-2,8-9,18-19H,3-7,10-17H2. The Morgan fingerprint density at radius 1 is 1.07 bits per heavy atom. The minimum Gasteiger partial charge on any atom is -0.486 e. The van der Waals surface area contributed by atoms with E-state index in [0.717, 1.165) is 43.9 Å². The lowest BCUT2D eigenvalue weighted by atomic mass is 9.99. The summed E-state index contributed by atoms with van der Waals surface area (Å²) in [5.74, 6) is 1.62. The van der Waals surface area contributed by atoms with Crippen molar-refractivity contribution < 1.29 is 19.0 Å². The molecule has 4 rings (SSSR count). The third-order valence-corrected chi connectivity index (χ3v) is 6.02. The van der Waals surface area contributed by atoms with Gasteiger partial charge in [-0.2, -0.15) is 0 Å². The van der Waals surface area contributed by atoms with Crippen LogP contribution in [-0.2, 0) is 9.53 Å². The molecule has 28 heavy (non-hydrogen) atoms. The molecule has 2 unspecified atom stereocenters. The molecule has 6 nitrogen and oxygen atoms in total. The fourth-order valence-electron chi connectivity index (χ4n) is 4.47. The lowest BCUT2D eigenvalue weighted by Gasteiger charge is -2.36. The molecule has 1 aromatic carbocycles. The summed E-state index contributed by atoms with van der Waals surface area (Å²) in [7, 11) is 0. The second-order valence-electron chi connectivity index (χ2n) is 8.09. The molecule has 3 aliphatic heterocycles. The third-order valence-electron chi connectivity index (χ3n) is 6.02. The zero-order chi connectivity index (χ0) is 19.2. The number of ether oxygens (including phenoxy) is 3. The lowest BCUT2D eigenvalue weighted by molar-refractivity contribution is -0.141. The van der Waals surface area contributed by atoms with Gasteiger partial charge in [-0.1, -0.05) is 12.1 Å². The van der Waals surface area contributed by atoms with Gasteiger partial charge < -0.3 is 24.0 Å². The Morgan fingerprint density at radius 3 is 2.71 bits per heavy atom. The highest BCUT2D eigenvalue weighted by Gasteiger charge is 2.28. The van der Waals surface area contributed by atoms with Gasteiger partial charge in [-0.15, -0.1) is 0 Å². The number of fused-ring (bicyclic) bond motifs is 1. The molecule has 0 aromatic heterocycles. The molecule has 0 N–H and O–H groups in total. The smallest absolute Gasteiger partial charge is 0.248 e. The minimum atomic E-state index is -0.171. The van der Waals surface area contributed by atoms with E-state index in [9.17, 15) is 4.79 Å². The van der Waals surface area contributed by atoms with Crippen LogP contribution in [-0.4, -0.2) is 73.9 Å². The molecule has 2 saturated heterocycles. The predicted molar refractivity (Wildman–Crippen MR) is 107 cm³/mol. The fraction of sp³-hybridized carbons (Fsp3) is 0.682. The number of piperidine rings is 1. The van der Waals surface area contributed by atoms with E-state index in [1.165, 1.54) is 32.4 Å². The minimum absolute atomic E-state index is 0.114. The lowest BCUT2D eigenvalue weighted by Crippen LogP contribution is -2.47. The summed E-state index contributed by atoms with van der Waals surface area (Å²) in [4.78, 5) is 17.4. The van der Waals surface area contributed by atoms with E-state index < -0.39 is 0 Å². The molecule has 1 aromatic rings. The Hall–Kier alpha value is -1.79. The Balaban J connectivity index is 1.21. The number of hydrogen-bond acceptors (Lipinski definition) is 5. The van der Waals surface area contributed by atoms with Crippen molar-refractivity contribution in [2.45, 2.75) is 50.7 Å². The number of para-hydroxylation sites is 2. The number of hydrogen-bond donors (Lipinski definition) is 0. The topological polar surface area (TPSA) is 51.2 Å². The predicted octanol–water partition coefficient (Wildman–Crippen LogP) is 2.71. The van der Waals surface area contributed by atoms with E-state index >= 15 is 0 Å². The van der Waals surface area contributed by atoms with Crippen LogP contribution in [0, 0.1) is 0 Å². The summed E-state index contributed by atoms with van der Waals surface area (Å²) in [5.41, 5.74) is 0. The Morgan fingerprint density at radius 2 is 1.86 bits per heavy atom. The molecule has 0 spiro atoms. The first-order chi connectivity index (χ1) is 13.8. The number of carbonyl (C=O) groups excluding carboxylic acids is 1. The number of likely N-dealkylation sites (tertiary alicyclic amines) is 2. The second-order valence-corrected chi connectivity index (χ2v) is 8.09. The molecular weight excluding hydrogens is 356 g/mol. The summed E-state index contributed by atoms with van der Waals surface area (Å²) in [6.45, 7) is 5.36. The van der Waals surface area contributed by atoms with Gasteiger partial charge in [-0.25, -0.2) is 0 Å². The second kappa shape index (κ2) is 9.61. The summed E-state index contributed by atoms with van der Waals surface area (Å²) >= 11 is 0. The number of carbonyl (C=O) groups is 1. The van der Waals surface area contributed by atoms with E-state index in [1.807, 2.05) is 24.3 Å². The van der Waals surface area contributed by atoms with Gasteiger partial charge in [0.1, 0.15) is 13.2 Å². The van der Waals surface area contributed by atoms with Crippen molar-refractivity contribution in [3.8, 4) is 11.5 Å². The van der Waals surface area contributed by atoms with E-state index in [0.29, 0.717) is 19.3 Å². The van der Waals surface area contributed by atoms with Gasteiger partial charge in [-0.3, -0.25) is 4.79 Å². The SMILES string of the molecule is O=C(COCC1COc2ccccc2O1)N1CCCCC1CCN1CCCC1. The van der Waals surface area contributed by atoms with Crippen LogP contribution in [0.5, 0.6) is 11.5 Å². The van der Waals surface area contributed by atoms with Gasteiger partial charge in [0.15, 0.2) is 17.6 Å². The Kier molecular flexibility index (Phi) is 6.70. The van der Waals surface area contributed by atoms with Crippen LogP contribution < -0.4 is 9.47 Å². The molecule has 1 amide bonds. The highest BCUT2D eigenvalue weighted by molar-refractivity contribution is 5.77. The van der Waals surface area contributed by atoms with E-state index in [-0.39, 0.29) is 18.6 Å². The van der Waals surface area contributed by atoms with E-state index in [4.69, 9.17) is 14.2 Å². The normalized spacial score (nSPS) is 25.1. The van der Waals surface area contributed by atoms with Crippen molar-refractivity contribution in [3.05, 3.63) is 24.3 Å². The molecule has 2 atom stereocenters. The summed E-state index contributed by atoms with van der Waals surface area (Å²) in [6.07, 6.45) is 6.99. The maximum absolute atomic E-state index is 12.8.